The van der Waals surface area contributed by atoms with E-state index in [1.165, 1.54) is 11.8 Å². The van der Waals surface area contributed by atoms with Gasteiger partial charge in [-0.25, -0.2) is 0 Å². The van der Waals surface area contributed by atoms with E-state index in [1.54, 1.807) is 0 Å². The van der Waals surface area contributed by atoms with E-state index in [1.807, 2.05) is 0 Å². The number of likely N-dealkylation sites (tertiary alicyclic amines) is 1. The molecule has 1 amide bonds. The molecule has 0 aliphatic carbocycles. The number of hydrogen-bond donors (Lipinski definition) is 1. The maximum absolute atomic E-state index is 10.8. The summed E-state index contributed by atoms with van der Waals surface area (Å²) < 4.78 is 0. The molecule has 1 saturated heterocycles. The summed E-state index contributed by atoms with van der Waals surface area (Å²) in [5, 5.41) is 9.10. The smallest absolute Gasteiger partial charge is 0.220 e. The van der Waals surface area contributed by atoms with Gasteiger partial charge in [0, 0.05) is 19.9 Å². The molecule has 0 aromatic heterocycles. The molecule has 0 radical (unpaired) electrons. The van der Waals surface area contributed by atoms with E-state index in [0.29, 0.717) is 19.3 Å². The summed E-state index contributed by atoms with van der Waals surface area (Å²) in [6.45, 7) is 1.69. The van der Waals surface area contributed by atoms with Gasteiger partial charge in [-0.05, 0) is 0 Å². The highest BCUT2D eigenvalue weighted by molar-refractivity contribution is 5.78. The number of hydrogen-bond acceptors (Lipinski definition) is 3. The van der Waals surface area contributed by atoms with Crippen molar-refractivity contribution in [1.82, 2.24) is 4.90 Å². The first-order valence-corrected chi connectivity index (χ1v) is 3.55. The lowest BCUT2D eigenvalue weighted by Crippen LogP contribution is -2.34. The quantitative estimate of drug-likeness (QED) is 0.505. The summed E-state index contributed by atoms with van der Waals surface area (Å²) in [5.41, 5.74) is 0. The average molecular weight is 157 g/mol. The van der Waals surface area contributed by atoms with Crippen LogP contribution in [0.4, 0.5) is 0 Å². The fraction of sp³-hybridized carbons (Fsp3) is 0.714. The summed E-state index contributed by atoms with van der Waals surface area (Å²) in [6.07, 6.45) is 0.551. The fourth-order valence-corrected chi connectivity index (χ4v) is 1.33. The lowest BCUT2D eigenvalue weighted by molar-refractivity contribution is -0.132. The Morgan fingerprint density at radius 2 is 2.36 bits per heavy atom. The van der Waals surface area contributed by atoms with Crippen molar-refractivity contribution in [3.05, 3.63) is 0 Å². The van der Waals surface area contributed by atoms with Crippen molar-refractivity contribution >= 4 is 12.2 Å². The SMILES string of the molecule is CC(=O)N1C[C@@H](O)C[C@H]1C=O. The number of amides is 1. The maximum atomic E-state index is 10.8. The molecule has 11 heavy (non-hydrogen) atoms. The van der Waals surface area contributed by atoms with Crippen LogP contribution in [-0.2, 0) is 9.59 Å². The van der Waals surface area contributed by atoms with E-state index in [0.717, 1.165) is 0 Å². The first kappa shape index (κ1) is 8.20. The first-order valence-electron chi connectivity index (χ1n) is 3.55. The molecule has 0 saturated carbocycles. The van der Waals surface area contributed by atoms with Crippen molar-refractivity contribution in [2.45, 2.75) is 25.5 Å². The molecule has 62 valence electrons. The normalized spacial score (nSPS) is 30.5. The zero-order valence-electron chi connectivity index (χ0n) is 6.36. The molecule has 4 nitrogen and oxygen atoms in total. The van der Waals surface area contributed by atoms with Crippen LogP contribution in [0.5, 0.6) is 0 Å². The minimum Gasteiger partial charge on any atom is -0.391 e. The molecule has 1 aliphatic heterocycles. The summed E-state index contributed by atoms with van der Waals surface area (Å²) >= 11 is 0. The van der Waals surface area contributed by atoms with E-state index < -0.39 is 12.1 Å². The molecule has 1 N–H and O–H groups in total. The fourth-order valence-electron chi connectivity index (χ4n) is 1.33. The summed E-state index contributed by atoms with van der Waals surface area (Å²) in [5.74, 6) is -0.154. The number of aldehydes is 1. The van der Waals surface area contributed by atoms with E-state index >= 15 is 0 Å². The minimum absolute atomic E-state index is 0.154. The Labute approximate surface area is 64.8 Å². The average Bonchev–Trinajstić information content (AvgIpc) is 2.30. The zero-order chi connectivity index (χ0) is 8.43. The molecule has 1 fully saturated rings. The molecule has 1 rings (SSSR count). The van der Waals surface area contributed by atoms with Gasteiger partial charge in [-0.2, -0.15) is 0 Å². The lowest BCUT2D eigenvalue weighted by atomic mass is 10.2. The van der Waals surface area contributed by atoms with Gasteiger partial charge < -0.3 is 14.8 Å². The highest BCUT2D eigenvalue weighted by Gasteiger charge is 2.31. The van der Waals surface area contributed by atoms with E-state index in [-0.39, 0.29) is 5.91 Å². The van der Waals surface area contributed by atoms with Crippen LogP contribution in [0.2, 0.25) is 0 Å². The van der Waals surface area contributed by atoms with Crippen molar-refractivity contribution in [3.63, 3.8) is 0 Å². The van der Waals surface area contributed by atoms with Crippen molar-refractivity contribution in [3.8, 4) is 0 Å². The summed E-state index contributed by atoms with van der Waals surface area (Å²) in [4.78, 5) is 22.6. The molecule has 4 heteroatoms. The van der Waals surface area contributed by atoms with E-state index in [4.69, 9.17) is 5.11 Å². The summed E-state index contributed by atoms with van der Waals surface area (Å²) in [6, 6.07) is -0.414. The van der Waals surface area contributed by atoms with Gasteiger partial charge in [-0.15, -0.1) is 0 Å². The number of rotatable bonds is 1. The second kappa shape index (κ2) is 3.00. The van der Waals surface area contributed by atoms with Crippen LogP contribution < -0.4 is 0 Å². The molecule has 0 bridgehead atoms. The minimum atomic E-state index is -0.533. The zero-order valence-corrected chi connectivity index (χ0v) is 6.36. The number of aliphatic hydroxyl groups excluding tert-OH is 1. The van der Waals surface area contributed by atoms with Crippen LogP contribution in [-0.4, -0.2) is 40.9 Å². The maximum Gasteiger partial charge on any atom is 0.220 e. The van der Waals surface area contributed by atoms with Gasteiger partial charge in [0.15, 0.2) is 0 Å². The van der Waals surface area contributed by atoms with Crippen molar-refractivity contribution < 1.29 is 14.7 Å². The number of aliphatic hydroxyl groups is 1. The van der Waals surface area contributed by atoms with Gasteiger partial charge in [0.05, 0.1) is 12.1 Å². The number of carbonyl (C=O) groups is 2. The van der Waals surface area contributed by atoms with Gasteiger partial charge in [-0.1, -0.05) is 0 Å². The molecule has 2 atom stereocenters. The monoisotopic (exact) mass is 157 g/mol. The molecular formula is C7H11NO3. The van der Waals surface area contributed by atoms with Crippen LogP contribution in [0.25, 0.3) is 0 Å². The third-order valence-corrected chi connectivity index (χ3v) is 1.88. The molecule has 0 aromatic rings. The topological polar surface area (TPSA) is 57.6 Å². The van der Waals surface area contributed by atoms with Crippen molar-refractivity contribution in [2.24, 2.45) is 0 Å². The third-order valence-electron chi connectivity index (χ3n) is 1.88. The predicted molar refractivity (Wildman–Crippen MR) is 37.9 cm³/mol. The van der Waals surface area contributed by atoms with Gasteiger partial charge in [0.25, 0.3) is 0 Å². The van der Waals surface area contributed by atoms with Gasteiger partial charge in [0.2, 0.25) is 5.91 Å². The Bertz CT molecular complexity index is 181. The van der Waals surface area contributed by atoms with Crippen molar-refractivity contribution in [1.29, 1.82) is 0 Å². The molecular weight excluding hydrogens is 146 g/mol. The molecule has 1 heterocycles. The largest absolute Gasteiger partial charge is 0.391 e. The number of nitrogens with zero attached hydrogens (tertiary/aromatic N) is 1. The molecule has 0 unspecified atom stereocenters. The van der Waals surface area contributed by atoms with Crippen LogP contribution >= 0.6 is 0 Å². The Kier molecular flexibility index (Phi) is 2.24. The van der Waals surface area contributed by atoms with E-state index in [2.05, 4.69) is 0 Å². The Morgan fingerprint density at radius 1 is 1.73 bits per heavy atom. The highest BCUT2D eigenvalue weighted by Crippen LogP contribution is 2.15. The van der Waals surface area contributed by atoms with Gasteiger partial charge >= 0.3 is 0 Å². The first-order chi connectivity index (χ1) is 5.15. The highest BCUT2D eigenvalue weighted by atomic mass is 16.3. The predicted octanol–water partition coefficient (Wildman–Crippen LogP) is -0.833. The van der Waals surface area contributed by atoms with Gasteiger partial charge in [0.1, 0.15) is 6.29 Å². The lowest BCUT2D eigenvalue weighted by Gasteiger charge is -2.16. The van der Waals surface area contributed by atoms with Crippen LogP contribution in [0.3, 0.4) is 0 Å². The second-order valence-corrected chi connectivity index (χ2v) is 2.76. The Balaban J connectivity index is 2.64. The third kappa shape index (κ3) is 1.57. The second-order valence-electron chi connectivity index (χ2n) is 2.76. The molecule has 1 aliphatic rings. The van der Waals surface area contributed by atoms with Crippen LogP contribution in [0, 0.1) is 0 Å². The summed E-state index contributed by atoms with van der Waals surface area (Å²) in [7, 11) is 0. The van der Waals surface area contributed by atoms with Crippen LogP contribution in [0.15, 0.2) is 0 Å². The molecule has 0 aromatic carbocycles. The Hall–Kier alpha value is -0.900. The van der Waals surface area contributed by atoms with Crippen LogP contribution in [0.1, 0.15) is 13.3 Å². The van der Waals surface area contributed by atoms with E-state index in [9.17, 15) is 9.59 Å². The van der Waals surface area contributed by atoms with Crippen molar-refractivity contribution in [2.75, 3.05) is 6.54 Å². The Morgan fingerprint density at radius 3 is 2.73 bits per heavy atom. The number of β-amino-alcohol motifs (C(OH)–C–C–N with tert-alkyl or cyclic N) is 1. The molecule has 0 spiro atoms. The number of carbonyl (C=O) groups excluding carboxylic acids is 2. The standard InChI is InChI=1S/C7H11NO3/c1-5(10)8-3-7(11)2-6(8)4-9/h4,6-7,11H,2-3H2,1H3/t6-,7-/m0/s1. The van der Waals surface area contributed by atoms with Gasteiger partial charge in [-0.3, -0.25) is 4.79 Å².